The van der Waals surface area contributed by atoms with Crippen molar-refractivity contribution in [2.75, 3.05) is 31.5 Å². The Hall–Kier alpha value is -2.19. The largest absolute Gasteiger partial charge is 0.346 e. The van der Waals surface area contributed by atoms with Crippen molar-refractivity contribution >= 4 is 46.4 Å². The number of rotatable bonds is 5. The zero-order valence-corrected chi connectivity index (χ0v) is 19.1. The number of nitrogens with zero attached hydrogens (tertiary/aromatic N) is 4. The Morgan fingerprint density at radius 1 is 1.00 bits per heavy atom. The lowest BCUT2D eigenvalue weighted by atomic mass is 10.2. The predicted molar refractivity (Wildman–Crippen MR) is 127 cm³/mol. The Morgan fingerprint density at radius 3 is 2.52 bits per heavy atom. The number of halogens is 3. The van der Waals surface area contributed by atoms with Crippen molar-refractivity contribution < 1.29 is 4.39 Å². The van der Waals surface area contributed by atoms with Crippen molar-refractivity contribution in [3.05, 3.63) is 81.7 Å². The van der Waals surface area contributed by atoms with Gasteiger partial charge in [-0.25, -0.2) is 4.39 Å². The SMILES string of the molecule is Fc1ccccc1Cn1ccc(NC(=S)N2CCN(Cc3ccc(Cl)c(Cl)c3)CC2)n1. The highest BCUT2D eigenvalue weighted by Gasteiger charge is 2.20. The van der Waals surface area contributed by atoms with Crippen LogP contribution in [0.15, 0.2) is 54.7 Å². The number of anilines is 1. The molecule has 0 saturated carbocycles. The lowest BCUT2D eigenvalue weighted by molar-refractivity contribution is 0.177. The maximum absolute atomic E-state index is 13.8. The van der Waals surface area contributed by atoms with E-state index in [0.717, 1.165) is 38.3 Å². The van der Waals surface area contributed by atoms with E-state index in [0.29, 0.717) is 33.1 Å². The quantitative estimate of drug-likeness (QED) is 0.529. The lowest BCUT2D eigenvalue weighted by Crippen LogP contribution is -2.49. The summed E-state index contributed by atoms with van der Waals surface area (Å²) in [5.41, 5.74) is 1.74. The van der Waals surface area contributed by atoms with Gasteiger partial charge in [0.15, 0.2) is 10.9 Å². The number of thiocarbonyl (C=S) groups is 1. The average Bonchev–Trinajstić information content (AvgIpc) is 3.20. The van der Waals surface area contributed by atoms with E-state index < -0.39 is 0 Å². The third-order valence-electron chi connectivity index (χ3n) is 5.22. The van der Waals surface area contributed by atoms with Crippen molar-refractivity contribution in [2.45, 2.75) is 13.1 Å². The molecule has 162 valence electrons. The first kappa shape index (κ1) is 22.0. The standard InChI is InChI=1S/C22H22Cl2FN5S/c23-18-6-5-16(13-19(18)24)14-28-9-11-29(12-10-28)22(31)26-21-7-8-30(27-21)15-17-3-1-2-4-20(17)25/h1-8,13H,9-12,14-15H2,(H,26,27,31). The van der Waals surface area contributed by atoms with Crippen LogP contribution in [-0.4, -0.2) is 50.9 Å². The number of nitrogens with one attached hydrogen (secondary N) is 1. The molecule has 1 aliphatic rings. The molecule has 0 bridgehead atoms. The molecular formula is C22H22Cl2FN5S. The van der Waals surface area contributed by atoms with E-state index in [2.05, 4.69) is 20.2 Å². The average molecular weight is 478 g/mol. The van der Waals surface area contributed by atoms with Gasteiger partial charge in [0.25, 0.3) is 0 Å². The van der Waals surface area contributed by atoms with E-state index in [1.54, 1.807) is 16.8 Å². The van der Waals surface area contributed by atoms with Gasteiger partial charge in [-0.2, -0.15) is 5.10 Å². The third kappa shape index (κ3) is 5.74. The molecule has 5 nitrogen and oxygen atoms in total. The summed E-state index contributed by atoms with van der Waals surface area (Å²) in [5.74, 6) is 0.418. The van der Waals surface area contributed by atoms with Gasteiger partial charge in [-0.3, -0.25) is 9.58 Å². The summed E-state index contributed by atoms with van der Waals surface area (Å²) in [6, 6.07) is 14.3. The molecule has 31 heavy (non-hydrogen) atoms. The Morgan fingerprint density at radius 2 is 1.77 bits per heavy atom. The zero-order chi connectivity index (χ0) is 21.8. The van der Waals surface area contributed by atoms with Crippen molar-refractivity contribution in [3.63, 3.8) is 0 Å². The summed E-state index contributed by atoms with van der Waals surface area (Å²) in [7, 11) is 0. The van der Waals surface area contributed by atoms with Gasteiger partial charge in [0.2, 0.25) is 0 Å². The van der Waals surface area contributed by atoms with Crippen molar-refractivity contribution in [3.8, 4) is 0 Å². The number of hydrogen-bond donors (Lipinski definition) is 1. The van der Waals surface area contributed by atoms with Crippen molar-refractivity contribution in [1.82, 2.24) is 19.6 Å². The molecule has 1 aliphatic heterocycles. The van der Waals surface area contributed by atoms with Crippen LogP contribution in [0.5, 0.6) is 0 Å². The summed E-state index contributed by atoms with van der Waals surface area (Å²) in [6.45, 7) is 4.62. The minimum atomic E-state index is -0.234. The Bertz CT molecular complexity index is 1070. The van der Waals surface area contributed by atoms with Crippen LogP contribution >= 0.6 is 35.4 Å². The molecule has 0 radical (unpaired) electrons. The second-order valence-corrected chi connectivity index (χ2v) is 8.63. The van der Waals surface area contributed by atoms with Gasteiger partial charge in [-0.1, -0.05) is 47.5 Å². The molecule has 1 fully saturated rings. The van der Waals surface area contributed by atoms with Crippen LogP contribution in [0.25, 0.3) is 0 Å². The van der Waals surface area contributed by atoms with Gasteiger partial charge in [0.1, 0.15) is 5.82 Å². The second-order valence-electron chi connectivity index (χ2n) is 7.43. The van der Waals surface area contributed by atoms with E-state index in [9.17, 15) is 4.39 Å². The van der Waals surface area contributed by atoms with Crippen molar-refractivity contribution in [1.29, 1.82) is 0 Å². The van der Waals surface area contributed by atoms with Gasteiger partial charge in [0.05, 0.1) is 16.6 Å². The van der Waals surface area contributed by atoms with Gasteiger partial charge in [0, 0.05) is 50.6 Å². The summed E-state index contributed by atoms with van der Waals surface area (Å²) in [6.07, 6.45) is 1.81. The van der Waals surface area contributed by atoms with Crippen LogP contribution in [0, 0.1) is 5.82 Å². The molecular weight excluding hydrogens is 456 g/mol. The van der Waals surface area contributed by atoms with Crippen LogP contribution in [0.3, 0.4) is 0 Å². The van der Waals surface area contributed by atoms with Crippen LogP contribution in [0.1, 0.15) is 11.1 Å². The molecule has 9 heteroatoms. The van der Waals surface area contributed by atoms with Crippen LogP contribution in [-0.2, 0) is 13.1 Å². The monoisotopic (exact) mass is 477 g/mol. The summed E-state index contributed by atoms with van der Waals surface area (Å²) in [4.78, 5) is 4.50. The van der Waals surface area contributed by atoms with E-state index in [4.69, 9.17) is 35.4 Å². The summed E-state index contributed by atoms with van der Waals surface area (Å²) >= 11 is 17.7. The highest BCUT2D eigenvalue weighted by atomic mass is 35.5. The Labute approximate surface area is 196 Å². The van der Waals surface area contributed by atoms with Crippen LogP contribution in [0.4, 0.5) is 10.2 Å². The number of benzene rings is 2. The maximum atomic E-state index is 13.8. The molecule has 3 aromatic rings. The van der Waals surface area contributed by atoms with E-state index in [1.807, 2.05) is 36.5 Å². The highest BCUT2D eigenvalue weighted by molar-refractivity contribution is 7.80. The molecule has 0 spiro atoms. The molecule has 2 aromatic carbocycles. The summed E-state index contributed by atoms with van der Waals surface area (Å²) < 4.78 is 15.5. The van der Waals surface area contributed by atoms with E-state index >= 15 is 0 Å². The van der Waals surface area contributed by atoms with Gasteiger partial charge < -0.3 is 10.2 Å². The first-order chi connectivity index (χ1) is 15.0. The van der Waals surface area contributed by atoms with Gasteiger partial charge in [-0.15, -0.1) is 0 Å². The second kappa shape index (κ2) is 9.96. The van der Waals surface area contributed by atoms with Crippen LogP contribution < -0.4 is 5.32 Å². The molecule has 1 N–H and O–H groups in total. The minimum absolute atomic E-state index is 0.234. The maximum Gasteiger partial charge on any atom is 0.174 e. The Balaban J connectivity index is 1.27. The molecule has 1 aromatic heterocycles. The molecule has 0 atom stereocenters. The van der Waals surface area contributed by atoms with Crippen molar-refractivity contribution in [2.24, 2.45) is 0 Å². The topological polar surface area (TPSA) is 36.3 Å². The number of piperazine rings is 1. The predicted octanol–water partition coefficient (Wildman–Crippen LogP) is 4.89. The van der Waals surface area contributed by atoms with E-state index in [-0.39, 0.29) is 5.82 Å². The molecule has 2 heterocycles. The summed E-state index contributed by atoms with van der Waals surface area (Å²) in [5, 5.41) is 9.45. The fourth-order valence-corrected chi connectivity index (χ4v) is 4.12. The number of aromatic nitrogens is 2. The third-order valence-corrected chi connectivity index (χ3v) is 6.31. The van der Waals surface area contributed by atoms with Gasteiger partial charge >= 0.3 is 0 Å². The lowest BCUT2D eigenvalue weighted by Gasteiger charge is -2.36. The molecule has 4 rings (SSSR count). The molecule has 0 amide bonds. The Kier molecular flexibility index (Phi) is 7.07. The first-order valence-electron chi connectivity index (χ1n) is 9.97. The fourth-order valence-electron chi connectivity index (χ4n) is 3.51. The molecule has 0 aliphatic carbocycles. The minimum Gasteiger partial charge on any atom is -0.346 e. The normalized spacial score (nSPS) is 14.6. The highest BCUT2D eigenvalue weighted by Crippen LogP contribution is 2.23. The fraction of sp³-hybridized carbons (Fsp3) is 0.273. The number of hydrogen-bond acceptors (Lipinski definition) is 3. The van der Waals surface area contributed by atoms with Gasteiger partial charge in [-0.05, 0) is 36.0 Å². The smallest absolute Gasteiger partial charge is 0.174 e. The zero-order valence-electron chi connectivity index (χ0n) is 16.8. The van der Waals surface area contributed by atoms with E-state index in [1.165, 1.54) is 6.07 Å². The molecule has 0 unspecified atom stereocenters. The molecule has 1 saturated heterocycles. The van der Waals surface area contributed by atoms with Crippen LogP contribution in [0.2, 0.25) is 10.0 Å². The first-order valence-corrected chi connectivity index (χ1v) is 11.1.